The van der Waals surface area contributed by atoms with Crippen LogP contribution < -0.4 is 0 Å². The molecule has 1 heterocycles. The summed E-state index contributed by atoms with van der Waals surface area (Å²) in [4.78, 5) is 2.45. The molecule has 1 aliphatic rings. The fraction of sp³-hybridized carbons (Fsp3) is 0.600. The minimum atomic E-state index is 0.600. The van der Waals surface area contributed by atoms with Gasteiger partial charge in [0.05, 0.1) is 6.04 Å². The number of allylic oxidation sites excluding steroid dienone is 2. The van der Waals surface area contributed by atoms with Crippen molar-refractivity contribution < 1.29 is 0 Å². The smallest absolute Gasteiger partial charge is 0.0503 e. The van der Waals surface area contributed by atoms with E-state index in [9.17, 15) is 0 Å². The second-order valence-corrected chi connectivity index (χ2v) is 4.42. The van der Waals surface area contributed by atoms with Crippen LogP contribution in [0.3, 0.4) is 0 Å². The first kappa shape index (κ1) is 13.1. The Morgan fingerprint density at radius 2 is 2.06 bits per heavy atom. The third-order valence-electron chi connectivity index (χ3n) is 3.25. The van der Waals surface area contributed by atoms with Gasteiger partial charge in [0.25, 0.3) is 0 Å². The Labute approximate surface area is 101 Å². The highest BCUT2D eigenvalue weighted by molar-refractivity contribution is 5.31. The highest BCUT2D eigenvalue weighted by Crippen LogP contribution is 2.27. The second kappa shape index (κ2) is 6.57. The fourth-order valence-electron chi connectivity index (χ4n) is 2.37. The first-order chi connectivity index (χ1) is 7.76. The summed E-state index contributed by atoms with van der Waals surface area (Å²) >= 11 is 0. The van der Waals surface area contributed by atoms with Crippen molar-refractivity contribution in [2.75, 3.05) is 6.54 Å². The molecule has 0 aromatic carbocycles. The molecule has 0 radical (unpaired) electrons. The zero-order chi connectivity index (χ0) is 12.0. The molecule has 1 heteroatoms. The van der Waals surface area contributed by atoms with Crippen LogP contribution in [0.1, 0.15) is 46.5 Å². The molecule has 0 amide bonds. The van der Waals surface area contributed by atoms with E-state index in [1.807, 2.05) is 6.08 Å². The third kappa shape index (κ3) is 3.01. The summed E-state index contributed by atoms with van der Waals surface area (Å²) in [5.41, 5.74) is 3.04. The summed E-state index contributed by atoms with van der Waals surface area (Å²) in [6.07, 6.45) is 11.5. The van der Waals surface area contributed by atoms with Crippen LogP contribution in [0.4, 0.5) is 0 Å². The molecule has 0 bridgehead atoms. The quantitative estimate of drug-likeness (QED) is 0.602. The van der Waals surface area contributed by atoms with Crippen molar-refractivity contribution in [1.82, 2.24) is 4.90 Å². The van der Waals surface area contributed by atoms with Crippen LogP contribution in [0.5, 0.6) is 0 Å². The standard InChI is InChI=1S/C15H25N/c1-5-9-15-14(8-4)11-13(7-3)12-16(15)10-6-2/h6,11-12,15H,2,5,7-10H2,1,3-4H3. The number of nitrogens with zero attached hydrogens (tertiary/aromatic N) is 1. The van der Waals surface area contributed by atoms with Gasteiger partial charge in [-0.2, -0.15) is 0 Å². The van der Waals surface area contributed by atoms with E-state index in [0.717, 1.165) is 19.4 Å². The van der Waals surface area contributed by atoms with Crippen LogP contribution in [0.25, 0.3) is 0 Å². The lowest BCUT2D eigenvalue weighted by Crippen LogP contribution is -2.35. The zero-order valence-corrected chi connectivity index (χ0v) is 11.0. The summed E-state index contributed by atoms with van der Waals surface area (Å²) in [5.74, 6) is 0. The Hall–Kier alpha value is -0.980. The summed E-state index contributed by atoms with van der Waals surface area (Å²) in [6.45, 7) is 11.6. The van der Waals surface area contributed by atoms with Gasteiger partial charge in [0, 0.05) is 12.7 Å². The molecule has 1 atom stereocenters. The number of rotatable bonds is 6. The average molecular weight is 219 g/mol. The topological polar surface area (TPSA) is 3.24 Å². The van der Waals surface area contributed by atoms with Gasteiger partial charge >= 0.3 is 0 Å². The van der Waals surface area contributed by atoms with Gasteiger partial charge in [0.2, 0.25) is 0 Å². The van der Waals surface area contributed by atoms with Crippen LogP contribution in [0.15, 0.2) is 36.1 Å². The predicted octanol–water partition coefficient (Wildman–Crippen LogP) is 4.29. The van der Waals surface area contributed by atoms with Crippen molar-refractivity contribution in [3.05, 3.63) is 36.1 Å². The summed E-state index contributed by atoms with van der Waals surface area (Å²) < 4.78 is 0. The molecular formula is C15H25N. The number of hydrogen-bond acceptors (Lipinski definition) is 1. The summed E-state index contributed by atoms with van der Waals surface area (Å²) in [5, 5.41) is 0. The minimum Gasteiger partial charge on any atom is -0.367 e. The highest BCUT2D eigenvalue weighted by Gasteiger charge is 2.21. The Morgan fingerprint density at radius 1 is 1.31 bits per heavy atom. The lowest BCUT2D eigenvalue weighted by molar-refractivity contribution is 0.307. The van der Waals surface area contributed by atoms with Crippen molar-refractivity contribution in [2.24, 2.45) is 0 Å². The van der Waals surface area contributed by atoms with Crippen molar-refractivity contribution >= 4 is 0 Å². The van der Waals surface area contributed by atoms with Crippen LogP contribution in [0, 0.1) is 0 Å². The normalized spacial score (nSPS) is 20.4. The first-order valence-corrected chi connectivity index (χ1v) is 6.54. The molecule has 0 aromatic rings. The highest BCUT2D eigenvalue weighted by atomic mass is 15.1. The Morgan fingerprint density at radius 3 is 2.56 bits per heavy atom. The third-order valence-corrected chi connectivity index (χ3v) is 3.25. The molecule has 1 unspecified atom stereocenters. The SMILES string of the molecule is C=CCN1C=C(CC)C=C(CC)C1CCC. The van der Waals surface area contributed by atoms with E-state index in [4.69, 9.17) is 0 Å². The van der Waals surface area contributed by atoms with Crippen LogP contribution in [-0.2, 0) is 0 Å². The maximum atomic E-state index is 3.86. The molecular weight excluding hydrogens is 194 g/mol. The zero-order valence-electron chi connectivity index (χ0n) is 11.0. The molecule has 1 nitrogen and oxygen atoms in total. The first-order valence-electron chi connectivity index (χ1n) is 6.54. The molecule has 1 rings (SSSR count). The van der Waals surface area contributed by atoms with E-state index in [0.29, 0.717) is 6.04 Å². The summed E-state index contributed by atoms with van der Waals surface area (Å²) in [6, 6.07) is 0.600. The second-order valence-electron chi connectivity index (χ2n) is 4.42. The van der Waals surface area contributed by atoms with Crippen molar-refractivity contribution in [1.29, 1.82) is 0 Å². The van der Waals surface area contributed by atoms with Crippen molar-refractivity contribution in [3.63, 3.8) is 0 Å². The lowest BCUT2D eigenvalue weighted by atomic mass is 9.93. The largest absolute Gasteiger partial charge is 0.367 e. The van der Waals surface area contributed by atoms with E-state index in [1.54, 1.807) is 5.57 Å². The van der Waals surface area contributed by atoms with Crippen molar-refractivity contribution in [2.45, 2.75) is 52.5 Å². The molecule has 0 saturated heterocycles. The van der Waals surface area contributed by atoms with E-state index in [2.05, 4.69) is 44.5 Å². The van der Waals surface area contributed by atoms with Crippen LogP contribution in [0.2, 0.25) is 0 Å². The van der Waals surface area contributed by atoms with Gasteiger partial charge in [-0.25, -0.2) is 0 Å². The van der Waals surface area contributed by atoms with Gasteiger partial charge in [0.15, 0.2) is 0 Å². The average Bonchev–Trinajstić information content (AvgIpc) is 2.31. The van der Waals surface area contributed by atoms with Gasteiger partial charge in [-0.3, -0.25) is 0 Å². The van der Waals surface area contributed by atoms with Gasteiger partial charge in [0.1, 0.15) is 0 Å². The molecule has 0 aromatic heterocycles. The molecule has 16 heavy (non-hydrogen) atoms. The van der Waals surface area contributed by atoms with Gasteiger partial charge in [-0.05, 0) is 30.4 Å². The minimum absolute atomic E-state index is 0.600. The van der Waals surface area contributed by atoms with Crippen molar-refractivity contribution in [3.8, 4) is 0 Å². The van der Waals surface area contributed by atoms with Gasteiger partial charge in [-0.15, -0.1) is 6.58 Å². The van der Waals surface area contributed by atoms with Gasteiger partial charge in [-0.1, -0.05) is 39.3 Å². The van der Waals surface area contributed by atoms with E-state index in [1.165, 1.54) is 18.4 Å². The number of hydrogen-bond donors (Lipinski definition) is 0. The lowest BCUT2D eigenvalue weighted by Gasteiger charge is -2.35. The fourth-order valence-corrected chi connectivity index (χ4v) is 2.37. The predicted molar refractivity (Wildman–Crippen MR) is 72.3 cm³/mol. The van der Waals surface area contributed by atoms with Gasteiger partial charge < -0.3 is 4.90 Å². The monoisotopic (exact) mass is 219 g/mol. The molecule has 0 aliphatic carbocycles. The molecule has 0 spiro atoms. The summed E-state index contributed by atoms with van der Waals surface area (Å²) in [7, 11) is 0. The van der Waals surface area contributed by atoms with Crippen LogP contribution >= 0.6 is 0 Å². The molecule has 1 aliphatic heterocycles. The Kier molecular flexibility index (Phi) is 5.37. The molecule has 0 N–H and O–H groups in total. The van der Waals surface area contributed by atoms with E-state index >= 15 is 0 Å². The van der Waals surface area contributed by atoms with E-state index < -0.39 is 0 Å². The molecule has 0 fully saturated rings. The maximum Gasteiger partial charge on any atom is 0.0503 e. The molecule has 90 valence electrons. The Bertz CT molecular complexity index is 286. The Balaban J connectivity index is 2.90. The van der Waals surface area contributed by atoms with E-state index in [-0.39, 0.29) is 0 Å². The molecule has 0 saturated carbocycles. The maximum absolute atomic E-state index is 3.86. The van der Waals surface area contributed by atoms with Crippen LogP contribution in [-0.4, -0.2) is 17.5 Å².